The van der Waals surface area contributed by atoms with Crippen LogP contribution in [-0.4, -0.2) is 119 Å². The number of nitrogens with zero attached hydrogens (tertiary/aromatic N) is 4. The number of hydrogen-bond acceptors (Lipinski definition) is 13. The third-order valence-electron chi connectivity index (χ3n) is 7.10. The van der Waals surface area contributed by atoms with Crippen molar-refractivity contribution in [3.63, 3.8) is 0 Å². The number of benzene rings is 2. The topological polar surface area (TPSA) is 197 Å². The first-order valence-corrected chi connectivity index (χ1v) is 16.9. The molecule has 2 saturated heterocycles. The summed E-state index contributed by atoms with van der Waals surface area (Å²) in [7, 11) is 0. The van der Waals surface area contributed by atoms with Crippen LogP contribution < -0.4 is 31.5 Å². The smallest absolute Gasteiger partial charge is 0.410 e. The van der Waals surface area contributed by atoms with Crippen LogP contribution in [0.1, 0.15) is 56.9 Å². The first-order chi connectivity index (χ1) is 24.4. The lowest BCUT2D eigenvalue weighted by molar-refractivity contribution is -0.142. The van der Waals surface area contributed by atoms with Crippen LogP contribution in [0.5, 0.6) is 0 Å². The van der Waals surface area contributed by atoms with Crippen LogP contribution >= 0.6 is 24.8 Å². The van der Waals surface area contributed by atoms with Crippen molar-refractivity contribution in [1.29, 1.82) is 0 Å². The third-order valence-corrected chi connectivity index (χ3v) is 7.10. The number of carbonyl (C=O) groups is 4. The van der Waals surface area contributed by atoms with E-state index in [-0.39, 0.29) is 66.3 Å². The third kappa shape index (κ3) is 22.6. The van der Waals surface area contributed by atoms with E-state index < -0.39 is 23.6 Å². The van der Waals surface area contributed by atoms with Crippen molar-refractivity contribution in [1.82, 2.24) is 15.5 Å². The van der Waals surface area contributed by atoms with Crippen LogP contribution in [0, 0.1) is 0 Å². The average Bonchev–Trinajstić information content (AvgIpc) is 3.11. The highest BCUT2D eigenvalue weighted by atomic mass is 35.5. The quantitative estimate of drug-likeness (QED) is 0.0787. The Hall–Kier alpha value is -4.76. The molecule has 0 atom stereocenters. The molecule has 320 valence electrons. The van der Waals surface area contributed by atoms with Crippen molar-refractivity contribution < 1.29 is 38.2 Å². The summed E-state index contributed by atoms with van der Waals surface area (Å²) < 4.78 is 14.6. The normalized spacial score (nSPS) is 12.6. The number of ether oxygens (including phenoxy) is 3. The standard InChI is InChI=1S/C15H22N4O3.C15H23N3O2.C5H7NO3.3CH4.2ClH/c1-2-22-14(20)11-17-15(21)18-12-5-3-4-6-13(12)19-9-7-16-8-10-19;1-15(2,3)20-14(19)18-10-8-17(9-11-18)13-7-5-4-6-12(13)16;1-2-9-5(8)3-6-4-7;;;;;/h3-6,16H,2,7-11H2,1H3,(H2,17,18,21);4-7H,8-11,16H2,1-3H3;2-3H2,1H3;3*1H4;2*1H. The van der Waals surface area contributed by atoms with Gasteiger partial charge in [0.25, 0.3) is 0 Å². The van der Waals surface area contributed by atoms with Gasteiger partial charge in [-0.3, -0.25) is 9.59 Å². The number of anilines is 4. The lowest BCUT2D eigenvalue weighted by Gasteiger charge is -2.37. The van der Waals surface area contributed by atoms with Crippen molar-refractivity contribution in [3.05, 3.63) is 48.5 Å². The molecule has 2 aliphatic heterocycles. The number of aliphatic imine (C=N–C) groups is 1. The van der Waals surface area contributed by atoms with Gasteiger partial charge < -0.3 is 50.6 Å². The van der Waals surface area contributed by atoms with E-state index in [9.17, 15) is 24.0 Å². The maximum atomic E-state index is 12.0. The average molecular weight is 834 g/mol. The molecule has 16 nitrogen and oxygen atoms in total. The van der Waals surface area contributed by atoms with Gasteiger partial charge in [-0.2, -0.15) is 4.99 Å². The Morgan fingerprint density at radius 2 is 1.32 bits per heavy atom. The van der Waals surface area contributed by atoms with E-state index in [0.29, 0.717) is 26.3 Å². The van der Waals surface area contributed by atoms with E-state index in [4.69, 9.17) is 15.2 Å². The van der Waals surface area contributed by atoms with Crippen LogP contribution in [0.3, 0.4) is 0 Å². The van der Waals surface area contributed by atoms with Gasteiger partial charge >= 0.3 is 24.1 Å². The fourth-order valence-electron chi connectivity index (χ4n) is 4.83. The molecule has 0 bridgehead atoms. The number of carbonyl (C=O) groups excluding carboxylic acids is 5. The summed E-state index contributed by atoms with van der Waals surface area (Å²) in [5.74, 6) is -0.950. The minimum atomic E-state index is -0.499. The fourth-order valence-corrected chi connectivity index (χ4v) is 4.83. The summed E-state index contributed by atoms with van der Waals surface area (Å²) in [6.07, 6.45) is 0.993. The van der Waals surface area contributed by atoms with Gasteiger partial charge in [0.15, 0.2) is 0 Å². The fraction of sp³-hybridized carbons (Fsp3) is 0.553. The molecule has 2 heterocycles. The Morgan fingerprint density at radius 1 is 0.804 bits per heavy atom. The molecule has 0 radical (unpaired) electrons. The van der Waals surface area contributed by atoms with Gasteiger partial charge in [-0.05, 0) is 58.9 Å². The molecule has 56 heavy (non-hydrogen) atoms. The Balaban J connectivity index is -0.000000372. The number of halogens is 2. The highest BCUT2D eigenvalue weighted by Crippen LogP contribution is 2.26. The number of rotatable bonds is 9. The van der Waals surface area contributed by atoms with Crippen LogP contribution in [0.15, 0.2) is 53.5 Å². The van der Waals surface area contributed by atoms with Crippen molar-refractivity contribution in [2.45, 2.75) is 62.5 Å². The van der Waals surface area contributed by atoms with Gasteiger partial charge in [-0.15, -0.1) is 24.8 Å². The summed E-state index contributed by atoms with van der Waals surface area (Å²) in [5, 5.41) is 8.57. The van der Waals surface area contributed by atoms with Gasteiger partial charge in [-0.1, -0.05) is 46.5 Å². The first kappa shape index (κ1) is 58.0. The SMILES string of the molecule is C.C.C.CC(C)(C)OC(=O)N1CCN(c2ccccc2N)CC1.CCOC(=O)CN=C=O.CCOC(=O)CNC(=O)Nc1ccccc1N1CCNCC1.Cl.Cl. The molecule has 4 rings (SSSR count). The summed E-state index contributed by atoms with van der Waals surface area (Å²) in [6.45, 7) is 15.8. The van der Waals surface area contributed by atoms with Gasteiger partial charge in [0, 0.05) is 52.4 Å². The molecule has 0 spiro atoms. The Kier molecular flexibility index (Phi) is 32.5. The molecule has 18 heteroatoms. The molecule has 2 aliphatic rings. The molecular weight excluding hydrogens is 767 g/mol. The number of nitrogens with one attached hydrogen (secondary N) is 3. The molecule has 2 aromatic rings. The zero-order valence-electron chi connectivity index (χ0n) is 31.1. The van der Waals surface area contributed by atoms with Gasteiger partial charge in [0.05, 0.1) is 36.0 Å². The largest absolute Gasteiger partial charge is 0.465 e. The predicted octanol–water partition coefficient (Wildman–Crippen LogP) is 5.74. The second-order valence-corrected chi connectivity index (χ2v) is 12.1. The van der Waals surface area contributed by atoms with E-state index in [0.717, 1.165) is 62.0 Å². The van der Waals surface area contributed by atoms with Crippen molar-refractivity contribution in [2.24, 2.45) is 4.99 Å². The number of esters is 2. The molecule has 3 amide bonds. The van der Waals surface area contributed by atoms with Crippen LogP contribution in [0.25, 0.3) is 0 Å². The summed E-state index contributed by atoms with van der Waals surface area (Å²) in [4.78, 5) is 64.0. The predicted molar refractivity (Wildman–Crippen MR) is 230 cm³/mol. The highest BCUT2D eigenvalue weighted by Gasteiger charge is 2.26. The second kappa shape index (κ2) is 31.4. The van der Waals surface area contributed by atoms with E-state index >= 15 is 0 Å². The molecule has 2 aromatic carbocycles. The van der Waals surface area contributed by atoms with Crippen molar-refractivity contribution in [3.8, 4) is 0 Å². The second-order valence-electron chi connectivity index (χ2n) is 12.1. The van der Waals surface area contributed by atoms with Crippen LogP contribution in [0.2, 0.25) is 0 Å². The Bertz CT molecular complexity index is 1460. The van der Waals surface area contributed by atoms with Crippen LogP contribution in [-0.2, 0) is 28.6 Å². The number of isocyanates is 1. The molecular formula is C38H66Cl2N8O8. The summed E-state index contributed by atoms with van der Waals surface area (Å²) in [6, 6.07) is 15.0. The van der Waals surface area contributed by atoms with E-state index in [1.54, 1.807) is 18.7 Å². The number of hydrogen-bond donors (Lipinski definition) is 4. The van der Waals surface area contributed by atoms with Gasteiger partial charge in [0.2, 0.25) is 6.08 Å². The van der Waals surface area contributed by atoms with Gasteiger partial charge in [-0.25, -0.2) is 14.4 Å². The molecule has 0 aliphatic carbocycles. The zero-order valence-corrected chi connectivity index (χ0v) is 32.7. The van der Waals surface area contributed by atoms with Crippen molar-refractivity contribution in [2.75, 3.05) is 99.5 Å². The van der Waals surface area contributed by atoms with Gasteiger partial charge in [0.1, 0.15) is 18.7 Å². The molecule has 0 aromatic heterocycles. The minimum absolute atomic E-state index is 0. The summed E-state index contributed by atoms with van der Waals surface area (Å²) >= 11 is 0. The lowest BCUT2D eigenvalue weighted by atomic mass is 10.2. The minimum Gasteiger partial charge on any atom is -0.465 e. The maximum Gasteiger partial charge on any atom is 0.410 e. The summed E-state index contributed by atoms with van der Waals surface area (Å²) in [5.41, 5.74) is 9.06. The maximum absolute atomic E-state index is 12.0. The molecule has 0 saturated carbocycles. The Labute approximate surface area is 346 Å². The number of piperazine rings is 2. The van der Waals surface area contributed by atoms with Crippen LogP contribution in [0.4, 0.5) is 32.3 Å². The molecule has 0 unspecified atom stereocenters. The molecule has 5 N–H and O–H groups in total. The molecule has 2 fully saturated rings. The number of urea groups is 1. The lowest BCUT2D eigenvalue weighted by Crippen LogP contribution is -2.50. The highest BCUT2D eigenvalue weighted by molar-refractivity contribution is 5.94. The monoisotopic (exact) mass is 832 g/mol. The van der Waals surface area contributed by atoms with E-state index in [1.165, 1.54) is 6.08 Å². The Morgan fingerprint density at radius 3 is 1.86 bits per heavy atom. The van der Waals surface area contributed by atoms with Crippen molar-refractivity contribution >= 4 is 77.7 Å². The van der Waals surface area contributed by atoms with E-state index in [2.05, 4.69) is 35.5 Å². The number of nitrogen functional groups attached to an aromatic ring is 1. The number of para-hydroxylation sites is 4. The number of amides is 3. The first-order valence-electron chi connectivity index (χ1n) is 16.9. The number of nitrogens with two attached hydrogens (primary N) is 1. The zero-order chi connectivity index (χ0) is 37.6. The van der Waals surface area contributed by atoms with E-state index in [1.807, 2.05) is 69.3 Å².